The van der Waals surface area contributed by atoms with Crippen LogP contribution in [0.2, 0.25) is 0 Å². The van der Waals surface area contributed by atoms with E-state index in [2.05, 4.69) is 36.8 Å². The molecule has 0 radical (unpaired) electrons. The Morgan fingerprint density at radius 1 is 1.14 bits per heavy atom. The number of methoxy groups -OCH3 is 1. The molecule has 0 saturated carbocycles. The first kappa shape index (κ1) is 15.4. The number of benzene rings is 1. The van der Waals surface area contributed by atoms with Crippen molar-refractivity contribution in [1.82, 2.24) is 4.57 Å². The van der Waals surface area contributed by atoms with E-state index in [1.54, 1.807) is 7.11 Å². The smallest absolute Gasteiger partial charge is 0.121 e. The number of nitrogens with zero attached hydrogens (tertiary/aromatic N) is 1. The Kier molecular flexibility index (Phi) is 5.28. The topological polar surface area (TPSA) is 35.4 Å². The van der Waals surface area contributed by atoms with Gasteiger partial charge in [-0.25, -0.2) is 0 Å². The van der Waals surface area contributed by atoms with Crippen LogP contribution >= 0.6 is 0 Å². The van der Waals surface area contributed by atoms with Gasteiger partial charge in [-0.3, -0.25) is 0 Å². The quantitative estimate of drug-likeness (QED) is 0.794. The Balaban J connectivity index is 1.96. The van der Waals surface area contributed by atoms with Crippen molar-refractivity contribution in [3.8, 4) is 5.75 Å². The molecule has 0 unspecified atom stereocenters. The molecule has 1 heterocycles. The highest BCUT2D eigenvalue weighted by atomic mass is 16.5. The van der Waals surface area contributed by atoms with Crippen molar-refractivity contribution in [2.24, 2.45) is 7.05 Å². The predicted octanol–water partition coefficient (Wildman–Crippen LogP) is 3.28. The van der Waals surface area contributed by atoms with Gasteiger partial charge in [-0.1, -0.05) is 6.07 Å². The Morgan fingerprint density at radius 2 is 1.95 bits per heavy atom. The molecule has 2 aromatic rings. The highest BCUT2D eigenvalue weighted by molar-refractivity contribution is 5.49. The molecule has 21 heavy (non-hydrogen) atoms. The molecule has 4 nitrogen and oxygen atoms in total. The molecule has 0 aliphatic carbocycles. The van der Waals surface area contributed by atoms with E-state index in [0.717, 1.165) is 18.0 Å². The summed E-state index contributed by atoms with van der Waals surface area (Å²) in [4.78, 5) is 0. The van der Waals surface area contributed by atoms with Crippen LogP contribution in [0.3, 0.4) is 0 Å². The van der Waals surface area contributed by atoms with Crippen molar-refractivity contribution in [1.29, 1.82) is 0 Å². The first-order valence-corrected chi connectivity index (χ1v) is 7.19. The first-order chi connectivity index (χ1) is 10.1. The summed E-state index contributed by atoms with van der Waals surface area (Å²) >= 11 is 0. The fraction of sp³-hybridized carbons (Fsp3) is 0.412. The van der Waals surface area contributed by atoms with Crippen LogP contribution in [0.15, 0.2) is 30.3 Å². The minimum Gasteiger partial charge on any atom is -0.491 e. The second-order valence-corrected chi connectivity index (χ2v) is 5.18. The summed E-state index contributed by atoms with van der Waals surface area (Å²) in [6.07, 6.45) is 0. The van der Waals surface area contributed by atoms with Crippen molar-refractivity contribution < 1.29 is 9.47 Å². The maximum atomic E-state index is 5.62. The maximum absolute atomic E-state index is 5.62. The molecule has 0 atom stereocenters. The van der Waals surface area contributed by atoms with Gasteiger partial charge in [0.1, 0.15) is 12.4 Å². The van der Waals surface area contributed by atoms with Crippen molar-refractivity contribution in [2.45, 2.75) is 20.4 Å². The summed E-state index contributed by atoms with van der Waals surface area (Å²) < 4.78 is 12.8. The van der Waals surface area contributed by atoms with Gasteiger partial charge in [0.2, 0.25) is 0 Å². The lowest BCUT2D eigenvalue weighted by Crippen LogP contribution is -2.05. The SMILES string of the molecule is COCCOc1cccc(NCc2cc(C)n(C)c2C)c1. The average Bonchev–Trinajstić information content (AvgIpc) is 2.73. The van der Waals surface area contributed by atoms with E-state index >= 15 is 0 Å². The molecule has 0 fully saturated rings. The van der Waals surface area contributed by atoms with Crippen molar-refractivity contribution in [3.05, 3.63) is 47.3 Å². The predicted molar refractivity (Wildman–Crippen MR) is 86.0 cm³/mol. The second-order valence-electron chi connectivity index (χ2n) is 5.18. The molecular weight excluding hydrogens is 264 g/mol. The maximum Gasteiger partial charge on any atom is 0.121 e. The monoisotopic (exact) mass is 288 g/mol. The number of hydrogen-bond acceptors (Lipinski definition) is 3. The van der Waals surface area contributed by atoms with Crippen LogP contribution in [0.4, 0.5) is 5.69 Å². The molecule has 0 aliphatic heterocycles. The van der Waals surface area contributed by atoms with E-state index in [-0.39, 0.29) is 0 Å². The molecule has 0 aliphatic rings. The zero-order chi connectivity index (χ0) is 15.2. The van der Waals surface area contributed by atoms with E-state index in [0.29, 0.717) is 13.2 Å². The Morgan fingerprint density at radius 3 is 2.62 bits per heavy atom. The number of aromatic nitrogens is 1. The number of hydrogen-bond donors (Lipinski definition) is 1. The molecule has 0 spiro atoms. The Hall–Kier alpha value is -1.94. The normalized spacial score (nSPS) is 10.7. The van der Waals surface area contributed by atoms with Gasteiger partial charge in [0.05, 0.1) is 6.61 Å². The summed E-state index contributed by atoms with van der Waals surface area (Å²) in [5.74, 6) is 0.859. The average molecular weight is 288 g/mol. The summed E-state index contributed by atoms with van der Waals surface area (Å²) in [5, 5.41) is 3.45. The van der Waals surface area contributed by atoms with Crippen LogP contribution in [0.25, 0.3) is 0 Å². The van der Waals surface area contributed by atoms with Crippen LogP contribution in [0.5, 0.6) is 5.75 Å². The van der Waals surface area contributed by atoms with Gasteiger partial charge in [0, 0.05) is 43.8 Å². The molecular formula is C17H24N2O2. The van der Waals surface area contributed by atoms with Gasteiger partial charge in [0.15, 0.2) is 0 Å². The van der Waals surface area contributed by atoms with Crippen molar-refractivity contribution in [3.63, 3.8) is 0 Å². The number of nitrogens with one attached hydrogen (secondary N) is 1. The fourth-order valence-corrected chi connectivity index (χ4v) is 2.25. The molecule has 0 saturated heterocycles. The minimum absolute atomic E-state index is 0.566. The summed E-state index contributed by atoms with van der Waals surface area (Å²) in [6, 6.07) is 10.2. The van der Waals surface area contributed by atoms with Gasteiger partial charge < -0.3 is 19.4 Å². The highest BCUT2D eigenvalue weighted by Crippen LogP contribution is 2.19. The Bertz CT molecular complexity index is 590. The summed E-state index contributed by atoms with van der Waals surface area (Å²) in [7, 11) is 3.77. The molecule has 1 N–H and O–H groups in total. The van der Waals surface area contributed by atoms with Crippen molar-refractivity contribution >= 4 is 5.69 Å². The van der Waals surface area contributed by atoms with Crippen LogP contribution in [-0.4, -0.2) is 24.9 Å². The zero-order valence-corrected chi connectivity index (χ0v) is 13.3. The summed E-state index contributed by atoms with van der Waals surface area (Å²) in [5.41, 5.74) is 4.96. The number of aryl methyl sites for hydroxylation is 1. The standard InChI is InChI=1S/C17H24N2O2/c1-13-10-15(14(2)19(13)3)12-18-16-6-5-7-17(11-16)21-9-8-20-4/h5-7,10-11,18H,8-9,12H2,1-4H3. The van der Waals surface area contributed by atoms with Gasteiger partial charge >= 0.3 is 0 Å². The number of rotatable bonds is 7. The molecule has 2 rings (SSSR count). The number of ether oxygens (including phenoxy) is 2. The van der Waals surface area contributed by atoms with E-state index < -0.39 is 0 Å². The van der Waals surface area contributed by atoms with Crippen LogP contribution in [-0.2, 0) is 18.3 Å². The van der Waals surface area contributed by atoms with Gasteiger partial charge in [0.25, 0.3) is 0 Å². The third kappa shape index (κ3) is 4.02. The van der Waals surface area contributed by atoms with Gasteiger partial charge in [-0.05, 0) is 37.6 Å². The van der Waals surface area contributed by atoms with Gasteiger partial charge in [-0.2, -0.15) is 0 Å². The lowest BCUT2D eigenvalue weighted by Gasteiger charge is -2.10. The van der Waals surface area contributed by atoms with Crippen LogP contribution in [0.1, 0.15) is 17.0 Å². The van der Waals surface area contributed by atoms with Crippen molar-refractivity contribution in [2.75, 3.05) is 25.6 Å². The van der Waals surface area contributed by atoms with E-state index in [1.807, 2.05) is 24.3 Å². The van der Waals surface area contributed by atoms with E-state index in [4.69, 9.17) is 9.47 Å². The zero-order valence-electron chi connectivity index (χ0n) is 13.3. The molecule has 0 bridgehead atoms. The van der Waals surface area contributed by atoms with E-state index in [9.17, 15) is 0 Å². The highest BCUT2D eigenvalue weighted by Gasteiger charge is 2.05. The van der Waals surface area contributed by atoms with Gasteiger partial charge in [-0.15, -0.1) is 0 Å². The largest absolute Gasteiger partial charge is 0.491 e. The molecule has 114 valence electrons. The molecule has 0 amide bonds. The number of anilines is 1. The molecule has 1 aromatic carbocycles. The van der Waals surface area contributed by atoms with Crippen LogP contribution in [0, 0.1) is 13.8 Å². The molecule has 1 aromatic heterocycles. The van der Waals surface area contributed by atoms with Crippen LogP contribution < -0.4 is 10.1 Å². The lowest BCUT2D eigenvalue weighted by molar-refractivity contribution is 0.146. The third-order valence-electron chi connectivity index (χ3n) is 3.75. The minimum atomic E-state index is 0.566. The fourth-order valence-electron chi connectivity index (χ4n) is 2.25. The Labute approximate surface area is 126 Å². The first-order valence-electron chi connectivity index (χ1n) is 7.19. The summed E-state index contributed by atoms with van der Waals surface area (Å²) in [6.45, 7) is 6.25. The van der Waals surface area contributed by atoms with E-state index in [1.165, 1.54) is 17.0 Å². The third-order valence-corrected chi connectivity index (χ3v) is 3.75. The molecule has 4 heteroatoms. The lowest BCUT2D eigenvalue weighted by atomic mass is 10.2. The second kappa shape index (κ2) is 7.18.